The molecule has 0 amide bonds. The monoisotopic (exact) mass is 320 g/mol. The van der Waals surface area contributed by atoms with Crippen LogP contribution in [0.25, 0.3) is 0 Å². The lowest BCUT2D eigenvalue weighted by molar-refractivity contribution is 0.191. The number of rotatable bonds is 1. The maximum Gasteiger partial charge on any atom is 0.0801 e. The molecule has 2 nitrogen and oxygen atoms in total. The van der Waals surface area contributed by atoms with Gasteiger partial charge >= 0.3 is 0 Å². The summed E-state index contributed by atoms with van der Waals surface area (Å²) in [5, 5.41) is 0. The van der Waals surface area contributed by atoms with Crippen LogP contribution >= 0.6 is 0 Å². The quantitative estimate of drug-likeness (QED) is 0.705. The Kier molecular flexibility index (Phi) is 3.69. The first-order valence-corrected chi connectivity index (χ1v) is 9.16. The molecule has 1 fully saturated rings. The average molecular weight is 320 g/mol. The van der Waals surface area contributed by atoms with Crippen molar-refractivity contribution in [3.63, 3.8) is 0 Å². The van der Waals surface area contributed by atoms with Gasteiger partial charge in [0.1, 0.15) is 0 Å². The van der Waals surface area contributed by atoms with Gasteiger partial charge in [0.05, 0.1) is 12.2 Å². The van der Waals surface area contributed by atoms with Gasteiger partial charge in [-0.1, -0.05) is 30.3 Å². The molecule has 2 heteroatoms. The average Bonchev–Trinajstić information content (AvgIpc) is 2.74. The van der Waals surface area contributed by atoms with Crippen LogP contribution in [0.15, 0.2) is 36.4 Å². The summed E-state index contributed by atoms with van der Waals surface area (Å²) in [7, 11) is 2.30. The van der Waals surface area contributed by atoms with Crippen LogP contribution in [0.2, 0.25) is 0 Å². The molecule has 3 atom stereocenters. The van der Waals surface area contributed by atoms with E-state index < -0.39 is 0 Å². The lowest BCUT2D eigenvalue weighted by Gasteiger charge is -2.40. The minimum atomic E-state index is 0.398. The Morgan fingerprint density at radius 1 is 0.917 bits per heavy atom. The van der Waals surface area contributed by atoms with Crippen molar-refractivity contribution in [2.24, 2.45) is 0 Å². The molecule has 3 aliphatic rings. The third kappa shape index (κ3) is 2.20. The maximum atomic E-state index is 2.68. The Bertz CT molecular complexity index is 780. The molecule has 126 valence electrons. The van der Waals surface area contributed by atoms with E-state index in [4.69, 9.17) is 0 Å². The lowest BCUT2D eigenvalue weighted by Crippen LogP contribution is -2.43. The summed E-state index contributed by atoms with van der Waals surface area (Å²) in [4.78, 5) is 5.25. The van der Waals surface area contributed by atoms with Gasteiger partial charge in [-0.15, -0.1) is 0 Å². The van der Waals surface area contributed by atoms with E-state index >= 15 is 0 Å². The predicted molar refractivity (Wildman–Crippen MR) is 102 cm³/mol. The number of hydrogen-bond acceptors (Lipinski definition) is 2. The molecular weight excluding hydrogens is 292 g/mol. The molecule has 0 radical (unpaired) electrons. The molecule has 2 aromatic carbocycles. The van der Waals surface area contributed by atoms with Gasteiger partial charge in [0.2, 0.25) is 0 Å². The summed E-state index contributed by atoms with van der Waals surface area (Å²) in [5.41, 5.74) is 8.65. The molecule has 0 spiro atoms. The molecule has 2 heterocycles. The van der Waals surface area contributed by atoms with Gasteiger partial charge in [0, 0.05) is 11.7 Å². The van der Waals surface area contributed by atoms with Crippen LogP contribution < -0.4 is 4.90 Å². The number of benzene rings is 2. The van der Waals surface area contributed by atoms with Gasteiger partial charge in [-0.25, -0.2) is 0 Å². The van der Waals surface area contributed by atoms with Crippen molar-refractivity contribution in [1.29, 1.82) is 0 Å². The van der Waals surface area contributed by atoms with E-state index in [9.17, 15) is 0 Å². The molecule has 2 aromatic rings. The van der Waals surface area contributed by atoms with Crippen LogP contribution in [0.1, 0.15) is 59.7 Å². The molecule has 2 bridgehead atoms. The van der Waals surface area contributed by atoms with Crippen molar-refractivity contribution < 1.29 is 0 Å². The van der Waals surface area contributed by atoms with Crippen LogP contribution in [0.5, 0.6) is 0 Å². The molecule has 24 heavy (non-hydrogen) atoms. The van der Waals surface area contributed by atoms with E-state index in [0.717, 1.165) is 0 Å². The third-order valence-corrected chi connectivity index (χ3v) is 6.31. The van der Waals surface area contributed by atoms with E-state index in [1.54, 1.807) is 0 Å². The topological polar surface area (TPSA) is 6.48 Å². The molecule has 0 saturated carbocycles. The van der Waals surface area contributed by atoms with Crippen LogP contribution in [-0.2, 0) is 0 Å². The molecule has 1 aliphatic carbocycles. The van der Waals surface area contributed by atoms with Crippen molar-refractivity contribution in [1.82, 2.24) is 4.90 Å². The molecule has 1 saturated heterocycles. The van der Waals surface area contributed by atoms with Crippen LogP contribution in [-0.4, -0.2) is 18.1 Å². The Labute approximate surface area is 146 Å². The van der Waals surface area contributed by atoms with Gasteiger partial charge in [0.25, 0.3) is 0 Å². The first-order chi connectivity index (χ1) is 11.5. The van der Waals surface area contributed by atoms with Crippen molar-refractivity contribution in [3.8, 4) is 0 Å². The highest BCUT2D eigenvalue weighted by molar-refractivity contribution is 5.61. The Balaban J connectivity index is 1.93. The predicted octanol–water partition coefficient (Wildman–Crippen LogP) is 5.29. The summed E-state index contributed by atoms with van der Waals surface area (Å²) >= 11 is 0. The zero-order valence-corrected chi connectivity index (χ0v) is 15.5. The smallest absolute Gasteiger partial charge is 0.0801 e. The SMILES string of the molecule is Cc1cc(C)c(C)c(N2C3CCC(c4ccccc43)N(C)C2C)c1. The fourth-order valence-electron chi connectivity index (χ4n) is 4.83. The van der Waals surface area contributed by atoms with Crippen LogP contribution in [0.3, 0.4) is 0 Å². The second kappa shape index (κ2) is 5.63. The van der Waals surface area contributed by atoms with Gasteiger partial charge in [-0.05, 0) is 81.5 Å². The highest BCUT2D eigenvalue weighted by Gasteiger charge is 2.41. The fraction of sp³-hybridized carbons (Fsp3) is 0.455. The lowest BCUT2D eigenvalue weighted by atomic mass is 9.84. The van der Waals surface area contributed by atoms with Crippen LogP contribution in [0.4, 0.5) is 5.69 Å². The van der Waals surface area contributed by atoms with Crippen molar-refractivity contribution in [2.75, 3.05) is 11.9 Å². The van der Waals surface area contributed by atoms with Crippen molar-refractivity contribution in [3.05, 3.63) is 64.2 Å². The molecular formula is C22H28N2. The van der Waals surface area contributed by atoms with Gasteiger partial charge in [0.15, 0.2) is 0 Å². The van der Waals surface area contributed by atoms with Crippen LogP contribution in [0, 0.1) is 20.8 Å². The minimum absolute atomic E-state index is 0.398. The largest absolute Gasteiger partial charge is 0.349 e. The summed E-state index contributed by atoms with van der Waals surface area (Å²) in [6.07, 6.45) is 2.89. The number of anilines is 1. The molecule has 0 aromatic heterocycles. The first kappa shape index (κ1) is 15.7. The summed E-state index contributed by atoms with van der Waals surface area (Å²) in [6.45, 7) is 9.10. The first-order valence-electron chi connectivity index (χ1n) is 9.16. The second-order valence-corrected chi connectivity index (χ2v) is 7.67. The number of nitrogens with zero attached hydrogens (tertiary/aromatic N) is 2. The number of hydrogen-bond donors (Lipinski definition) is 0. The number of aryl methyl sites for hydroxylation is 2. The Hall–Kier alpha value is -1.80. The third-order valence-electron chi connectivity index (χ3n) is 6.31. The normalized spacial score (nSPS) is 26.4. The minimum Gasteiger partial charge on any atom is -0.349 e. The second-order valence-electron chi connectivity index (χ2n) is 7.67. The van der Waals surface area contributed by atoms with Gasteiger partial charge < -0.3 is 4.90 Å². The van der Waals surface area contributed by atoms with Gasteiger partial charge in [-0.3, -0.25) is 4.90 Å². The zero-order chi connectivity index (χ0) is 17.0. The standard InChI is InChI=1S/C22H28N2/c1-14-12-15(2)16(3)22(13-14)24-17(4)23(5)20-10-11-21(24)19-9-7-6-8-18(19)20/h6-9,12-13,17,20-21H,10-11H2,1-5H3. The van der Waals surface area contributed by atoms with E-state index in [1.165, 1.54) is 46.3 Å². The molecule has 5 rings (SSSR count). The van der Waals surface area contributed by atoms with Gasteiger partial charge in [-0.2, -0.15) is 0 Å². The van der Waals surface area contributed by atoms with E-state index in [-0.39, 0.29) is 0 Å². The zero-order valence-electron chi connectivity index (χ0n) is 15.5. The summed E-state index contributed by atoms with van der Waals surface area (Å²) in [5.74, 6) is 0. The number of fused-ring (bicyclic) bond motifs is 3. The Morgan fingerprint density at radius 3 is 2.25 bits per heavy atom. The van der Waals surface area contributed by atoms with Crippen molar-refractivity contribution in [2.45, 2.75) is 58.8 Å². The highest BCUT2D eigenvalue weighted by Crippen LogP contribution is 2.49. The highest BCUT2D eigenvalue weighted by atomic mass is 15.4. The van der Waals surface area contributed by atoms with E-state index in [1.807, 2.05) is 0 Å². The Morgan fingerprint density at radius 2 is 1.54 bits per heavy atom. The maximum absolute atomic E-state index is 2.68. The summed E-state index contributed by atoms with van der Waals surface area (Å²) in [6, 6.07) is 14.8. The molecule has 0 N–H and O–H groups in total. The molecule has 3 unspecified atom stereocenters. The summed E-state index contributed by atoms with van der Waals surface area (Å²) < 4.78 is 0. The van der Waals surface area contributed by atoms with Crippen molar-refractivity contribution >= 4 is 5.69 Å². The fourth-order valence-corrected chi connectivity index (χ4v) is 4.83. The molecule has 2 aliphatic heterocycles. The van der Waals surface area contributed by atoms with E-state index in [0.29, 0.717) is 18.2 Å². The van der Waals surface area contributed by atoms with E-state index in [2.05, 4.69) is 80.9 Å².